The van der Waals surface area contributed by atoms with Crippen LogP contribution in [0, 0.1) is 5.92 Å². The number of aliphatic hydroxyl groups excluding tert-OH is 1. The van der Waals surface area contributed by atoms with Gasteiger partial charge < -0.3 is 20.0 Å². The molecule has 4 atom stereocenters. The molecule has 0 bridgehead atoms. The van der Waals surface area contributed by atoms with E-state index >= 15 is 0 Å². The van der Waals surface area contributed by atoms with Crippen LogP contribution in [0.2, 0.25) is 18.6 Å². The molecule has 1 amide bonds. The number of benzene rings is 2. The Hall–Kier alpha value is -1.99. The number of nitrogens with one attached hydrogen (secondary N) is 1. The molecule has 0 aromatic heterocycles. The second-order valence-electron chi connectivity index (χ2n) is 8.82. The van der Waals surface area contributed by atoms with Gasteiger partial charge in [0.25, 0.3) is 5.91 Å². The molecule has 0 saturated carbocycles. The van der Waals surface area contributed by atoms with Crippen LogP contribution in [-0.4, -0.2) is 42.9 Å². The molecule has 1 aliphatic rings. The van der Waals surface area contributed by atoms with Gasteiger partial charge in [-0.3, -0.25) is 4.79 Å². The Morgan fingerprint density at radius 2 is 1.80 bits per heavy atom. The average molecular weight is 428 g/mol. The number of rotatable bonds is 8. The van der Waals surface area contributed by atoms with Crippen molar-refractivity contribution in [3.8, 4) is 0 Å². The molecule has 1 fully saturated rings. The van der Waals surface area contributed by atoms with Crippen LogP contribution >= 0.6 is 0 Å². The van der Waals surface area contributed by atoms with E-state index in [0.29, 0.717) is 12.0 Å². The summed E-state index contributed by atoms with van der Waals surface area (Å²) in [4.78, 5) is 23.1. The lowest BCUT2D eigenvalue weighted by molar-refractivity contribution is 0.0192. The molecule has 6 heteroatoms. The van der Waals surface area contributed by atoms with Gasteiger partial charge in [0, 0.05) is 23.4 Å². The van der Waals surface area contributed by atoms with Crippen LogP contribution in [-0.2, 0) is 11.2 Å². The topological polar surface area (TPSA) is 78.8 Å². The average Bonchev–Trinajstić information content (AvgIpc) is 3.03. The fraction of sp³-hybridized carbons (Fsp3) is 0.458. The fourth-order valence-electron chi connectivity index (χ4n) is 4.71. The molecule has 1 aliphatic heterocycles. The predicted octanol–water partition coefficient (Wildman–Crippen LogP) is 4.23. The molecule has 162 valence electrons. The zero-order valence-electron chi connectivity index (χ0n) is 18.0. The lowest BCUT2D eigenvalue weighted by atomic mass is 9.95. The zero-order chi connectivity index (χ0) is 21.7. The van der Waals surface area contributed by atoms with Gasteiger partial charge in [-0.1, -0.05) is 37.3 Å². The summed E-state index contributed by atoms with van der Waals surface area (Å²) in [6.45, 7) is 6.16. The van der Waals surface area contributed by atoms with Crippen molar-refractivity contribution in [2.75, 3.05) is 11.9 Å². The minimum absolute atomic E-state index is 0.0630. The highest BCUT2D eigenvalue weighted by Gasteiger charge is 2.49. The summed E-state index contributed by atoms with van der Waals surface area (Å²) < 4.78 is 6.27. The number of aryl methyl sites for hydroxylation is 1. The maximum absolute atomic E-state index is 12.4. The number of hydrogen-bond acceptors (Lipinski definition) is 4. The molecular weight excluding hydrogens is 394 g/mol. The molecule has 0 unspecified atom stereocenters. The number of hydrogen-bond donors (Lipinski definition) is 3. The minimum atomic E-state index is -2.38. The molecule has 30 heavy (non-hydrogen) atoms. The van der Waals surface area contributed by atoms with Gasteiger partial charge in [0.1, 0.15) is 0 Å². The zero-order valence-corrected chi connectivity index (χ0v) is 19.0. The van der Waals surface area contributed by atoms with E-state index < -0.39 is 8.32 Å². The quantitative estimate of drug-likeness (QED) is 0.551. The third kappa shape index (κ3) is 5.58. The summed E-state index contributed by atoms with van der Waals surface area (Å²) in [5, 5.41) is 12.4. The summed E-state index contributed by atoms with van der Waals surface area (Å²) >= 11 is 0. The van der Waals surface area contributed by atoms with E-state index in [1.165, 1.54) is 0 Å². The molecule has 0 spiro atoms. The number of anilines is 1. The van der Waals surface area contributed by atoms with E-state index in [-0.39, 0.29) is 36.2 Å². The van der Waals surface area contributed by atoms with E-state index in [4.69, 9.17) is 4.74 Å². The van der Waals surface area contributed by atoms with Gasteiger partial charge in [0.15, 0.2) is 8.32 Å². The van der Waals surface area contributed by atoms with Crippen molar-refractivity contribution in [2.45, 2.75) is 57.0 Å². The molecule has 5 nitrogen and oxygen atoms in total. The summed E-state index contributed by atoms with van der Waals surface area (Å²) in [7, 11) is -2.38. The van der Waals surface area contributed by atoms with Crippen molar-refractivity contribution >= 4 is 19.9 Å². The van der Waals surface area contributed by atoms with Crippen LogP contribution < -0.4 is 5.32 Å². The standard InChI is InChI=1S/C24H33NO4Si/c1-17-21(29-22(14-15-26)23(17)30(2,3)28)13-12-18-8-7-11-20(16-18)25-24(27)19-9-5-4-6-10-19/h4-11,16-17,21-23,26,28H,12-15H2,1-3H3,(H,25,27)/t17-,21+,22-,23+/m0/s1. The van der Waals surface area contributed by atoms with Crippen molar-refractivity contribution in [3.63, 3.8) is 0 Å². The minimum Gasteiger partial charge on any atom is -0.432 e. The van der Waals surface area contributed by atoms with Crippen molar-refractivity contribution < 1.29 is 19.4 Å². The van der Waals surface area contributed by atoms with E-state index in [1.54, 1.807) is 12.1 Å². The summed E-state index contributed by atoms with van der Waals surface area (Å²) in [5.74, 6) is 0.138. The van der Waals surface area contributed by atoms with Crippen LogP contribution in [0.4, 0.5) is 5.69 Å². The normalized spacial score (nSPS) is 24.0. The Labute approximate surface area is 180 Å². The van der Waals surface area contributed by atoms with Crippen molar-refractivity contribution in [1.82, 2.24) is 0 Å². The second-order valence-corrected chi connectivity index (χ2v) is 12.8. The summed E-state index contributed by atoms with van der Waals surface area (Å²) in [5.41, 5.74) is 2.68. The Morgan fingerprint density at radius 1 is 1.07 bits per heavy atom. The van der Waals surface area contributed by atoms with E-state index in [0.717, 1.165) is 24.1 Å². The van der Waals surface area contributed by atoms with Gasteiger partial charge in [-0.15, -0.1) is 0 Å². The molecule has 0 aliphatic carbocycles. The Balaban J connectivity index is 1.62. The number of carbonyl (C=O) groups excluding carboxylic acids is 1. The SMILES string of the molecule is C[C@@H]1[C@@H]([Si](C)(C)O)[C@H](CCO)O[C@@H]1CCc1cccc(NC(=O)c2ccccc2)c1. The van der Waals surface area contributed by atoms with Crippen LogP contribution in [0.25, 0.3) is 0 Å². The largest absolute Gasteiger partial charge is 0.432 e. The fourth-order valence-corrected chi connectivity index (χ4v) is 7.37. The second kappa shape index (κ2) is 9.88. The lowest BCUT2D eigenvalue weighted by Crippen LogP contribution is -2.40. The molecule has 2 aromatic rings. The molecule has 0 radical (unpaired) electrons. The maximum atomic E-state index is 12.4. The first kappa shape index (κ1) is 22.7. The van der Waals surface area contributed by atoms with E-state index in [1.807, 2.05) is 49.5 Å². The highest BCUT2D eigenvalue weighted by Crippen LogP contribution is 2.45. The smallest absolute Gasteiger partial charge is 0.255 e. The highest BCUT2D eigenvalue weighted by atomic mass is 28.4. The van der Waals surface area contributed by atoms with Gasteiger partial charge >= 0.3 is 0 Å². The van der Waals surface area contributed by atoms with Crippen LogP contribution in [0.15, 0.2) is 54.6 Å². The molecule has 3 N–H and O–H groups in total. The third-order valence-corrected chi connectivity index (χ3v) is 8.60. The third-order valence-electron chi connectivity index (χ3n) is 6.07. The number of aliphatic hydroxyl groups is 1. The number of amides is 1. The van der Waals surface area contributed by atoms with Crippen LogP contribution in [0.1, 0.15) is 35.7 Å². The lowest BCUT2D eigenvalue weighted by Gasteiger charge is -2.30. The molecule has 3 rings (SSSR count). The van der Waals surface area contributed by atoms with Gasteiger partial charge in [-0.25, -0.2) is 0 Å². The van der Waals surface area contributed by atoms with Crippen molar-refractivity contribution in [2.24, 2.45) is 5.92 Å². The molecule has 1 heterocycles. The van der Waals surface area contributed by atoms with Crippen molar-refractivity contribution in [3.05, 3.63) is 65.7 Å². The Kier molecular flexibility index (Phi) is 7.47. The highest BCUT2D eigenvalue weighted by molar-refractivity contribution is 6.71. The van der Waals surface area contributed by atoms with Gasteiger partial charge in [0.05, 0.1) is 12.2 Å². The maximum Gasteiger partial charge on any atom is 0.255 e. The van der Waals surface area contributed by atoms with Gasteiger partial charge in [-0.05, 0) is 68.1 Å². The predicted molar refractivity (Wildman–Crippen MR) is 122 cm³/mol. The monoisotopic (exact) mass is 427 g/mol. The summed E-state index contributed by atoms with van der Waals surface area (Å²) in [6.07, 6.45) is 2.24. The first-order valence-corrected chi connectivity index (χ1v) is 13.8. The molecule has 2 aromatic carbocycles. The van der Waals surface area contributed by atoms with Crippen LogP contribution in [0.3, 0.4) is 0 Å². The van der Waals surface area contributed by atoms with Gasteiger partial charge in [-0.2, -0.15) is 0 Å². The number of ether oxygens (including phenoxy) is 1. The van der Waals surface area contributed by atoms with E-state index in [9.17, 15) is 14.7 Å². The summed E-state index contributed by atoms with van der Waals surface area (Å²) in [6, 6.07) is 17.1. The van der Waals surface area contributed by atoms with Gasteiger partial charge in [0.2, 0.25) is 0 Å². The van der Waals surface area contributed by atoms with E-state index in [2.05, 4.69) is 18.3 Å². The molecular formula is C24H33NO4Si. The van der Waals surface area contributed by atoms with Crippen molar-refractivity contribution in [1.29, 1.82) is 0 Å². The van der Waals surface area contributed by atoms with Crippen LogP contribution in [0.5, 0.6) is 0 Å². The first-order chi connectivity index (χ1) is 14.3. The number of carbonyl (C=O) groups is 1. The Bertz CT molecular complexity index is 837. The first-order valence-electron chi connectivity index (χ1n) is 10.7. The Morgan fingerprint density at radius 3 is 2.47 bits per heavy atom. The molecule has 1 saturated heterocycles.